The van der Waals surface area contributed by atoms with Crippen molar-refractivity contribution >= 4 is 23.3 Å². The third-order valence-electron chi connectivity index (χ3n) is 5.33. The number of ketones is 1. The highest BCUT2D eigenvalue weighted by Crippen LogP contribution is 2.39. The van der Waals surface area contributed by atoms with E-state index >= 15 is 0 Å². The maximum Gasteiger partial charge on any atom is 0.414 e. The number of cyclic esters (lactones) is 1. The fourth-order valence-electron chi connectivity index (χ4n) is 3.80. The molecule has 0 bridgehead atoms. The third kappa shape index (κ3) is 2.97. The first-order valence-electron chi connectivity index (χ1n) is 8.69. The second-order valence-corrected chi connectivity index (χ2v) is 7.45. The van der Waals surface area contributed by atoms with Gasteiger partial charge in [-0.05, 0) is 31.5 Å². The van der Waals surface area contributed by atoms with Crippen LogP contribution in [0.5, 0.6) is 0 Å². The Morgan fingerprint density at radius 1 is 1.40 bits per heavy atom. The summed E-state index contributed by atoms with van der Waals surface area (Å²) in [6.07, 6.45) is 0.0804. The molecule has 25 heavy (non-hydrogen) atoms. The smallest absolute Gasteiger partial charge is 0.414 e. The van der Waals surface area contributed by atoms with Crippen molar-refractivity contribution in [2.24, 2.45) is 5.41 Å². The van der Waals surface area contributed by atoms with E-state index in [-0.39, 0.29) is 17.7 Å². The molecule has 0 aromatic heterocycles. The largest absolute Gasteiger partial charge is 0.444 e. The maximum absolute atomic E-state index is 14.5. The lowest BCUT2D eigenvalue weighted by molar-refractivity contribution is -0.117. The number of carbonyl (C=O) groups is 2. The van der Waals surface area contributed by atoms with Crippen LogP contribution in [0.15, 0.2) is 18.2 Å². The first kappa shape index (κ1) is 16.3. The Morgan fingerprint density at radius 2 is 2.16 bits per heavy atom. The summed E-state index contributed by atoms with van der Waals surface area (Å²) < 4.78 is 19.8. The van der Waals surface area contributed by atoms with Gasteiger partial charge in [0.1, 0.15) is 17.7 Å². The van der Waals surface area contributed by atoms with Crippen LogP contribution in [-0.4, -0.2) is 50.7 Å². The number of nitrogens with one attached hydrogen (secondary N) is 1. The van der Waals surface area contributed by atoms with Crippen LogP contribution < -0.4 is 15.1 Å². The highest BCUT2D eigenvalue weighted by molar-refractivity contribution is 5.90. The number of anilines is 2. The van der Waals surface area contributed by atoms with Crippen LogP contribution >= 0.6 is 0 Å². The summed E-state index contributed by atoms with van der Waals surface area (Å²) in [5, 5.41) is 3.26. The molecule has 1 spiro atoms. The van der Waals surface area contributed by atoms with Crippen LogP contribution in [0.1, 0.15) is 19.8 Å². The molecule has 0 unspecified atom stereocenters. The van der Waals surface area contributed by atoms with Gasteiger partial charge in [-0.1, -0.05) is 0 Å². The molecule has 0 saturated carbocycles. The molecule has 3 heterocycles. The quantitative estimate of drug-likeness (QED) is 0.882. The minimum Gasteiger partial charge on any atom is -0.444 e. The number of Topliss-reactive ketones (excluding diaryl/α,β-unsaturated/α-hetero) is 1. The summed E-state index contributed by atoms with van der Waals surface area (Å²) in [6.45, 7) is 5.62. The van der Waals surface area contributed by atoms with Crippen molar-refractivity contribution in [2.45, 2.75) is 25.9 Å². The number of benzene rings is 1. The van der Waals surface area contributed by atoms with Crippen molar-refractivity contribution in [1.29, 1.82) is 0 Å². The second-order valence-electron chi connectivity index (χ2n) is 7.45. The molecule has 0 radical (unpaired) electrons. The van der Waals surface area contributed by atoms with Crippen molar-refractivity contribution in [3.05, 3.63) is 24.0 Å². The second kappa shape index (κ2) is 5.98. The molecule has 7 heteroatoms. The Labute approximate surface area is 145 Å². The average Bonchev–Trinajstić information content (AvgIpc) is 2.85. The normalized spacial score (nSPS) is 24.1. The molecule has 1 amide bonds. The zero-order chi connectivity index (χ0) is 17.6. The van der Waals surface area contributed by atoms with Gasteiger partial charge in [0, 0.05) is 38.0 Å². The zero-order valence-corrected chi connectivity index (χ0v) is 14.3. The Bertz CT molecular complexity index is 712. The van der Waals surface area contributed by atoms with E-state index < -0.39 is 6.09 Å². The SMILES string of the molecule is CC(=O)CC[C@H]1CN(c2ccc(N3CC4(CNC4)C3)c(F)c2)C(=O)O1. The first-order valence-corrected chi connectivity index (χ1v) is 8.69. The van der Waals surface area contributed by atoms with Gasteiger partial charge in [-0.3, -0.25) is 4.90 Å². The fraction of sp³-hybridized carbons (Fsp3) is 0.556. The number of ether oxygens (including phenoxy) is 1. The van der Waals surface area contributed by atoms with Crippen LogP contribution in [0.25, 0.3) is 0 Å². The summed E-state index contributed by atoms with van der Waals surface area (Å²) in [5.41, 5.74) is 1.41. The monoisotopic (exact) mass is 347 g/mol. The van der Waals surface area contributed by atoms with E-state index in [0.29, 0.717) is 36.2 Å². The molecule has 134 valence electrons. The van der Waals surface area contributed by atoms with Crippen molar-refractivity contribution in [2.75, 3.05) is 42.5 Å². The molecule has 1 N–H and O–H groups in total. The van der Waals surface area contributed by atoms with Gasteiger partial charge in [-0.15, -0.1) is 0 Å². The molecule has 3 aliphatic rings. The lowest BCUT2D eigenvalue weighted by Crippen LogP contribution is -2.71. The highest BCUT2D eigenvalue weighted by atomic mass is 19.1. The first-order chi connectivity index (χ1) is 12.0. The molecular weight excluding hydrogens is 325 g/mol. The Balaban J connectivity index is 1.42. The van der Waals surface area contributed by atoms with Crippen LogP contribution in [0.3, 0.4) is 0 Å². The Kier molecular flexibility index (Phi) is 3.91. The average molecular weight is 347 g/mol. The minimum atomic E-state index is -0.482. The van der Waals surface area contributed by atoms with Gasteiger partial charge in [0.05, 0.1) is 17.9 Å². The van der Waals surface area contributed by atoms with E-state index in [1.807, 2.05) is 4.90 Å². The van der Waals surface area contributed by atoms with E-state index in [0.717, 1.165) is 26.2 Å². The van der Waals surface area contributed by atoms with Crippen molar-refractivity contribution < 1.29 is 18.7 Å². The lowest BCUT2D eigenvalue weighted by atomic mass is 9.74. The number of hydrogen-bond donors (Lipinski definition) is 1. The van der Waals surface area contributed by atoms with Crippen LogP contribution in [0.2, 0.25) is 0 Å². The van der Waals surface area contributed by atoms with E-state index in [2.05, 4.69) is 5.32 Å². The van der Waals surface area contributed by atoms with Crippen LogP contribution in [0.4, 0.5) is 20.6 Å². The molecule has 6 nitrogen and oxygen atoms in total. The molecule has 1 aromatic carbocycles. The molecule has 1 aromatic rings. The molecule has 1 atom stereocenters. The lowest BCUT2D eigenvalue weighted by Gasteiger charge is -2.57. The predicted molar refractivity (Wildman–Crippen MR) is 91.4 cm³/mol. The summed E-state index contributed by atoms with van der Waals surface area (Å²) in [5.74, 6) is -0.251. The standard InChI is InChI=1S/C18H22FN3O3/c1-12(23)2-4-14-7-22(17(24)25-14)13-3-5-16(15(19)6-13)21-10-18(11-21)8-20-9-18/h3,5-6,14,20H,2,4,7-11H2,1H3/t14-/m0/s1. The zero-order valence-electron chi connectivity index (χ0n) is 14.3. The number of carbonyl (C=O) groups excluding carboxylic acids is 2. The van der Waals surface area contributed by atoms with Crippen LogP contribution in [0, 0.1) is 11.2 Å². The van der Waals surface area contributed by atoms with Crippen molar-refractivity contribution in [3.8, 4) is 0 Å². The van der Waals surface area contributed by atoms with Gasteiger partial charge in [-0.2, -0.15) is 0 Å². The molecule has 3 fully saturated rings. The van der Waals surface area contributed by atoms with E-state index in [9.17, 15) is 14.0 Å². The van der Waals surface area contributed by atoms with Gasteiger partial charge in [-0.25, -0.2) is 9.18 Å². The Hall–Kier alpha value is -2.15. The minimum absolute atomic E-state index is 0.0684. The van der Waals surface area contributed by atoms with Gasteiger partial charge >= 0.3 is 6.09 Å². The Morgan fingerprint density at radius 3 is 2.76 bits per heavy atom. The molecular formula is C18H22FN3O3. The topological polar surface area (TPSA) is 61.9 Å². The number of nitrogens with zero attached hydrogens (tertiary/aromatic N) is 2. The summed E-state index contributed by atoms with van der Waals surface area (Å²) in [4.78, 5) is 26.6. The van der Waals surface area contributed by atoms with Gasteiger partial charge < -0.3 is 19.7 Å². The third-order valence-corrected chi connectivity index (χ3v) is 5.33. The van der Waals surface area contributed by atoms with Crippen molar-refractivity contribution in [3.63, 3.8) is 0 Å². The predicted octanol–water partition coefficient (Wildman–Crippen LogP) is 1.93. The summed E-state index contributed by atoms with van der Waals surface area (Å²) in [7, 11) is 0. The number of rotatable bonds is 5. The number of amides is 1. The van der Waals surface area contributed by atoms with E-state index in [1.165, 1.54) is 17.9 Å². The molecule has 0 aliphatic carbocycles. The summed E-state index contributed by atoms with van der Waals surface area (Å²) >= 11 is 0. The highest BCUT2D eigenvalue weighted by Gasteiger charge is 2.48. The molecule has 4 rings (SSSR count). The van der Waals surface area contributed by atoms with Gasteiger partial charge in [0.25, 0.3) is 0 Å². The fourth-order valence-corrected chi connectivity index (χ4v) is 3.80. The van der Waals surface area contributed by atoms with Gasteiger partial charge in [0.15, 0.2) is 0 Å². The number of halogens is 1. The van der Waals surface area contributed by atoms with E-state index in [1.54, 1.807) is 12.1 Å². The van der Waals surface area contributed by atoms with Crippen LogP contribution in [-0.2, 0) is 9.53 Å². The van der Waals surface area contributed by atoms with E-state index in [4.69, 9.17) is 4.74 Å². The van der Waals surface area contributed by atoms with Crippen molar-refractivity contribution in [1.82, 2.24) is 5.32 Å². The molecule has 3 aliphatic heterocycles. The van der Waals surface area contributed by atoms with Gasteiger partial charge in [0.2, 0.25) is 0 Å². The molecule has 3 saturated heterocycles. The maximum atomic E-state index is 14.5. The number of hydrogen-bond acceptors (Lipinski definition) is 5. The summed E-state index contributed by atoms with van der Waals surface area (Å²) in [6, 6.07) is 4.89.